The number of carbonyl (C=O) groups is 2. The molecule has 1 atom stereocenters. The average Bonchev–Trinajstić information content (AvgIpc) is 2.96. The molecule has 0 bridgehead atoms. The molecule has 0 unspecified atom stereocenters. The van der Waals surface area contributed by atoms with E-state index in [1.807, 2.05) is 24.3 Å². The Labute approximate surface area is 166 Å². The first-order chi connectivity index (χ1) is 13.6. The second-order valence-electron chi connectivity index (χ2n) is 7.11. The number of amides is 2. The van der Waals surface area contributed by atoms with E-state index in [0.29, 0.717) is 23.6 Å². The van der Waals surface area contributed by atoms with Crippen LogP contribution in [0.1, 0.15) is 44.2 Å². The van der Waals surface area contributed by atoms with E-state index in [9.17, 15) is 9.59 Å². The van der Waals surface area contributed by atoms with Crippen LogP contribution in [-0.4, -0.2) is 50.3 Å². The van der Waals surface area contributed by atoms with E-state index >= 15 is 0 Å². The molecule has 28 heavy (non-hydrogen) atoms. The summed E-state index contributed by atoms with van der Waals surface area (Å²) in [6.07, 6.45) is 4.71. The zero-order valence-electron chi connectivity index (χ0n) is 16.6. The fourth-order valence-electron chi connectivity index (χ4n) is 3.78. The fraction of sp³-hybridized carbons (Fsp3) is 0.524. The predicted octanol–water partition coefficient (Wildman–Crippen LogP) is 2.74. The summed E-state index contributed by atoms with van der Waals surface area (Å²) in [5, 5.41) is 5.73. The standard InChI is InChI=1S/C21H29N3O4/c1-3-28-20(25)18-17(14-24-11-6-4-5-7-12-24)22-21(26)23-19(18)15-9-8-10-16(13-15)27-2/h8-10,13,19H,3-7,11-12,14H2,1-2H3,(H2,22,23,26)/t19-/m1/s1. The number of hydrogen-bond donors (Lipinski definition) is 2. The summed E-state index contributed by atoms with van der Waals surface area (Å²) < 4.78 is 10.6. The van der Waals surface area contributed by atoms with Crippen molar-refractivity contribution >= 4 is 12.0 Å². The topological polar surface area (TPSA) is 79.9 Å². The molecule has 7 nitrogen and oxygen atoms in total. The highest BCUT2D eigenvalue weighted by Crippen LogP contribution is 2.30. The molecule has 2 N–H and O–H groups in total. The number of benzene rings is 1. The van der Waals surface area contributed by atoms with E-state index in [1.165, 1.54) is 12.8 Å². The second kappa shape index (κ2) is 9.59. The van der Waals surface area contributed by atoms with Gasteiger partial charge in [0.2, 0.25) is 0 Å². The van der Waals surface area contributed by atoms with Crippen molar-refractivity contribution in [1.82, 2.24) is 15.5 Å². The first kappa shape index (κ1) is 20.2. The number of urea groups is 1. The summed E-state index contributed by atoms with van der Waals surface area (Å²) in [4.78, 5) is 27.5. The molecule has 2 aliphatic rings. The quantitative estimate of drug-likeness (QED) is 0.734. The molecule has 0 aromatic heterocycles. The van der Waals surface area contributed by atoms with Crippen molar-refractivity contribution in [2.24, 2.45) is 0 Å². The van der Waals surface area contributed by atoms with Crippen molar-refractivity contribution in [2.75, 3.05) is 33.4 Å². The molecule has 152 valence electrons. The molecule has 1 saturated heterocycles. The SMILES string of the molecule is CCOC(=O)C1=C(CN2CCCCCC2)NC(=O)N[C@@H]1c1cccc(OC)c1. The lowest BCUT2D eigenvalue weighted by molar-refractivity contribution is -0.139. The smallest absolute Gasteiger partial charge is 0.338 e. The molecule has 1 aromatic rings. The van der Waals surface area contributed by atoms with Gasteiger partial charge in [-0.15, -0.1) is 0 Å². The number of esters is 1. The lowest BCUT2D eigenvalue weighted by Gasteiger charge is -2.32. The third kappa shape index (κ3) is 4.84. The Morgan fingerprint density at radius 1 is 1.21 bits per heavy atom. The van der Waals surface area contributed by atoms with Gasteiger partial charge in [0.15, 0.2) is 0 Å². The van der Waals surface area contributed by atoms with Crippen molar-refractivity contribution < 1.29 is 19.1 Å². The molecular formula is C21H29N3O4. The molecule has 1 aromatic carbocycles. The van der Waals surface area contributed by atoms with Gasteiger partial charge in [0.25, 0.3) is 0 Å². The first-order valence-electron chi connectivity index (χ1n) is 9.96. The van der Waals surface area contributed by atoms with Gasteiger partial charge in [0.05, 0.1) is 25.3 Å². The largest absolute Gasteiger partial charge is 0.497 e. The van der Waals surface area contributed by atoms with Gasteiger partial charge in [-0.3, -0.25) is 4.90 Å². The van der Waals surface area contributed by atoms with E-state index in [1.54, 1.807) is 14.0 Å². The second-order valence-corrected chi connectivity index (χ2v) is 7.11. The fourth-order valence-corrected chi connectivity index (χ4v) is 3.78. The summed E-state index contributed by atoms with van der Waals surface area (Å²) >= 11 is 0. The summed E-state index contributed by atoms with van der Waals surface area (Å²) in [5.41, 5.74) is 1.86. The van der Waals surface area contributed by atoms with Gasteiger partial charge < -0.3 is 20.1 Å². The summed E-state index contributed by atoms with van der Waals surface area (Å²) in [7, 11) is 1.59. The minimum absolute atomic E-state index is 0.276. The van der Waals surface area contributed by atoms with Gasteiger partial charge in [-0.05, 0) is 50.6 Å². The normalized spacial score (nSPS) is 20.8. The van der Waals surface area contributed by atoms with Crippen LogP contribution in [0, 0.1) is 0 Å². The Kier molecular flexibility index (Phi) is 6.92. The van der Waals surface area contributed by atoms with Crippen LogP contribution in [0.2, 0.25) is 0 Å². The van der Waals surface area contributed by atoms with Crippen molar-refractivity contribution in [1.29, 1.82) is 0 Å². The van der Waals surface area contributed by atoms with Crippen LogP contribution in [-0.2, 0) is 9.53 Å². The molecular weight excluding hydrogens is 358 g/mol. The number of ether oxygens (including phenoxy) is 2. The van der Waals surface area contributed by atoms with Gasteiger partial charge in [-0.1, -0.05) is 25.0 Å². The number of nitrogens with zero attached hydrogens (tertiary/aromatic N) is 1. The van der Waals surface area contributed by atoms with E-state index in [2.05, 4.69) is 15.5 Å². The minimum atomic E-state index is -0.579. The maximum Gasteiger partial charge on any atom is 0.338 e. The Bertz CT molecular complexity index is 739. The molecule has 0 aliphatic carbocycles. The van der Waals surface area contributed by atoms with Crippen LogP contribution in [0.3, 0.4) is 0 Å². The van der Waals surface area contributed by atoms with Gasteiger partial charge >= 0.3 is 12.0 Å². The highest BCUT2D eigenvalue weighted by Gasteiger charge is 2.34. The zero-order chi connectivity index (χ0) is 19.9. The number of methoxy groups -OCH3 is 1. The first-order valence-corrected chi connectivity index (χ1v) is 9.96. The number of hydrogen-bond acceptors (Lipinski definition) is 5. The lowest BCUT2D eigenvalue weighted by Crippen LogP contribution is -2.48. The minimum Gasteiger partial charge on any atom is -0.497 e. The molecule has 2 aliphatic heterocycles. The monoisotopic (exact) mass is 387 g/mol. The third-order valence-electron chi connectivity index (χ3n) is 5.16. The predicted molar refractivity (Wildman–Crippen MR) is 106 cm³/mol. The van der Waals surface area contributed by atoms with Crippen molar-refractivity contribution in [3.05, 3.63) is 41.1 Å². The van der Waals surface area contributed by atoms with Gasteiger partial charge in [-0.25, -0.2) is 9.59 Å². The lowest BCUT2D eigenvalue weighted by atomic mass is 9.94. The molecule has 0 saturated carbocycles. The van der Waals surface area contributed by atoms with Gasteiger partial charge in [0.1, 0.15) is 5.75 Å². The van der Waals surface area contributed by atoms with E-state index in [-0.39, 0.29) is 12.6 Å². The Morgan fingerprint density at radius 2 is 1.96 bits per heavy atom. The highest BCUT2D eigenvalue weighted by atomic mass is 16.5. The molecule has 0 spiro atoms. The zero-order valence-corrected chi connectivity index (χ0v) is 16.6. The maximum atomic E-state index is 12.8. The van der Waals surface area contributed by atoms with E-state index in [0.717, 1.165) is 31.5 Å². The van der Waals surface area contributed by atoms with Crippen LogP contribution in [0.25, 0.3) is 0 Å². The summed E-state index contributed by atoms with van der Waals surface area (Å²) in [6.45, 7) is 4.52. The number of likely N-dealkylation sites (tertiary alicyclic amines) is 1. The van der Waals surface area contributed by atoms with E-state index in [4.69, 9.17) is 9.47 Å². The Morgan fingerprint density at radius 3 is 2.64 bits per heavy atom. The van der Waals surface area contributed by atoms with Crippen molar-refractivity contribution in [3.63, 3.8) is 0 Å². The highest BCUT2D eigenvalue weighted by molar-refractivity contribution is 5.95. The average molecular weight is 387 g/mol. The van der Waals surface area contributed by atoms with Gasteiger partial charge in [0, 0.05) is 12.2 Å². The Balaban J connectivity index is 1.98. The van der Waals surface area contributed by atoms with Crippen LogP contribution in [0.5, 0.6) is 5.75 Å². The molecule has 7 heteroatoms. The van der Waals surface area contributed by atoms with Gasteiger partial charge in [-0.2, -0.15) is 0 Å². The Hall–Kier alpha value is -2.54. The molecule has 3 rings (SSSR count). The van der Waals surface area contributed by atoms with E-state index < -0.39 is 12.0 Å². The van der Waals surface area contributed by atoms with Crippen LogP contribution < -0.4 is 15.4 Å². The summed E-state index contributed by atoms with van der Waals surface area (Å²) in [6, 6.07) is 6.49. The molecule has 2 amide bonds. The number of nitrogens with one attached hydrogen (secondary N) is 2. The molecule has 0 radical (unpaired) electrons. The van der Waals surface area contributed by atoms with Crippen molar-refractivity contribution in [3.8, 4) is 5.75 Å². The van der Waals surface area contributed by atoms with Crippen molar-refractivity contribution in [2.45, 2.75) is 38.6 Å². The summed E-state index contributed by atoms with van der Waals surface area (Å²) in [5.74, 6) is 0.259. The number of carbonyl (C=O) groups excluding carboxylic acids is 2. The number of rotatable bonds is 6. The maximum absolute atomic E-state index is 12.8. The van der Waals surface area contributed by atoms with Crippen LogP contribution in [0.15, 0.2) is 35.5 Å². The van der Waals surface area contributed by atoms with Crippen LogP contribution >= 0.6 is 0 Å². The third-order valence-corrected chi connectivity index (χ3v) is 5.16. The molecule has 1 fully saturated rings. The van der Waals surface area contributed by atoms with Crippen LogP contribution in [0.4, 0.5) is 4.79 Å². The molecule has 2 heterocycles.